The molecule has 1 saturated carbocycles. The van der Waals surface area contributed by atoms with Crippen molar-refractivity contribution >= 4 is 23.2 Å². The lowest BCUT2D eigenvalue weighted by Crippen LogP contribution is -2.54. The molecule has 1 fully saturated rings. The molecule has 1 spiro atoms. The normalized spacial score (nSPS) is 30.6. The second-order valence-corrected chi connectivity index (χ2v) is 5.40. The minimum Gasteiger partial charge on any atom is -0.328 e. The van der Waals surface area contributed by atoms with Crippen molar-refractivity contribution in [3.05, 3.63) is 28.8 Å². The van der Waals surface area contributed by atoms with Gasteiger partial charge in [0, 0.05) is 23.3 Å². The van der Waals surface area contributed by atoms with Crippen molar-refractivity contribution in [2.75, 3.05) is 11.4 Å². The van der Waals surface area contributed by atoms with Crippen molar-refractivity contribution in [2.45, 2.75) is 31.2 Å². The number of halogens is 1. The van der Waals surface area contributed by atoms with Crippen molar-refractivity contribution in [2.24, 2.45) is 5.73 Å². The number of hydrogen-bond acceptors (Lipinski definition) is 2. The van der Waals surface area contributed by atoms with Crippen LogP contribution in [0.4, 0.5) is 5.69 Å². The number of carbonyl (C=O) groups is 1. The molecule has 1 heterocycles. The smallest absolute Gasteiger partial charge is 0.237 e. The lowest BCUT2D eigenvalue weighted by molar-refractivity contribution is -0.126. The summed E-state index contributed by atoms with van der Waals surface area (Å²) in [4.78, 5) is 14.3. The first kappa shape index (κ1) is 11.1. The van der Waals surface area contributed by atoms with Crippen molar-refractivity contribution < 1.29 is 4.79 Å². The Labute approximate surface area is 106 Å². The highest BCUT2D eigenvalue weighted by atomic mass is 35.5. The van der Waals surface area contributed by atoms with Crippen LogP contribution < -0.4 is 10.6 Å². The highest BCUT2D eigenvalue weighted by Crippen LogP contribution is 2.53. The molecule has 0 atom stereocenters. The molecule has 4 heteroatoms. The highest BCUT2D eigenvalue weighted by Gasteiger charge is 2.57. The fraction of sp³-hybridized carbons (Fsp3) is 0.462. The standard InChI is InChI=1S/C13H15ClN2O/c1-2-16-11-4-3-8(14)5-10(11)13(12(16)17)6-9(15)7-13/h3-5,9H,2,6-7,15H2,1H3. The predicted molar refractivity (Wildman–Crippen MR) is 68.4 cm³/mol. The largest absolute Gasteiger partial charge is 0.328 e. The van der Waals surface area contributed by atoms with E-state index in [-0.39, 0.29) is 17.4 Å². The molecule has 1 aliphatic carbocycles. The molecule has 0 radical (unpaired) electrons. The van der Waals surface area contributed by atoms with E-state index in [1.807, 2.05) is 30.0 Å². The Morgan fingerprint density at radius 3 is 2.82 bits per heavy atom. The van der Waals surface area contributed by atoms with Crippen LogP contribution in [0.2, 0.25) is 5.02 Å². The number of benzene rings is 1. The summed E-state index contributed by atoms with van der Waals surface area (Å²) in [6.07, 6.45) is 1.49. The number of hydrogen-bond donors (Lipinski definition) is 1. The summed E-state index contributed by atoms with van der Waals surface area (Å²) in [5.41, 5.74) is 7.57. The van der Waals surface area contributed by atoms with Crippen LogP contribution in [0, 0.1) is 0 Å². The van der Waals surface area contributed by atoms with Gasteiger partial charge in [-0.1, -0.05) is 11.6 Å². The molecule has 90 valence electrons. The summed E-state index contributed by atoms with van der Waals surface area (Å²) < 4.78 is 0. The average molecular weight is 251 g/mol. The molecule has 1 aromatic carbocycles. The summed E-state index contributed by atoms with van der Waals surface area (Å²) in [7, 11) is 0. The van der Waals surface area contributed by atoms with Gasteiger partial charge in [0.2, 0.25) is 5.91 Å². The van der Waals surface area contributed by atoms with Gasteiger partial charge >= 0.3 is 0 Å². The van der Waals surface area contributed by atoms with Crippen LogP contribution in [-0.4, -0.2) is 18.5 Å². The maximum atomic E-state index is 12.5. The van der Waals surface area contributed by atoms with Crippen LogP contribution in [0.5, 0.6) is 0 Å². The fourth-order valence-electron chi connectivity index (χ4n) is 3.15. The van der Waals surface area contributed by atoms with Crippen LogP contribution in [0.1, 0.15) is 25.3 Å². The summed E-state index contributed by atoms with van der Waals surface area (Å²) >= 11 is 6.05. The number of amides is 1. The third kappa shape index (κ3) is 1.30. The number of nitrogens with two attached hydrogens (primary N) is 1. The van der Waals surface area contributed by atoms with Gasteiger partial charge in [-0.25, -0.2) is 0 Å². The molecular weight excluding hydrogens is 236 g/mol. The summed E-state index contributed by atoms with van der Waals surface area (Å²) in [5, 5.41) is 0.689. The lowest BCUT2D eigenvalue weighted by atomic mass is 9.62. The van der Waals surface area contributed by atoms with Crippen LogP contribution in [-0.2, 0) is 10.2 Å². The molecular formula is C13H15ClN2O. The van der Waals surface area contributed by atoms with Crippen molar-refractivity contribution in [3.63, 3.8) is 0 Å². The first-order valence-electron chi connectivity index (χ1n) is 5.96. The molecule has 2 N–H and O–H groups in total. The van der Waals surface area contributed by atoms with Crippen molar-refractivity contribution in [3.8, 4) is 0 Å². The Balaban J connectivity index is 2.15. The number of nitrogens with zero attached hydrogens (tertiary/aromatic N) is 1. The molecule has 0 bridgehead atoms. The van der Waals surface area contributed by atoms with Gasteiger partial charge in [0.05, 0.1) is 5.41 Å². The first-order chi connectivity index (χ1) is 8.08. The molecule has 1 aromatic rings. The van der Waals surface area contributed by atoms with E-state index >= 15 is 0 Å². The van der Waals surface area contributed by atoms with E-state index in [9.17, 15) is 4.79 Å². The van der Waals surface area contributed by atoms with Gasteiger partial charge in [-0.2, -0.15) is 0 Å². The lowest BCUT2D eigenvalue weighted by Gasteiger charge is -2.42. The van der Waals surface area contributed by atoms with Crippen molar-refractivity contribution in [1.29, 1.82) is 0 Å². The zero-order valence-electron chi connectivity index (χ0n) is 9.74. The summed E-state index contributed by atoms with van der Waals surface area (Å²) in [6, 6.07) is 5.85. The molecule has 3 nitrogen and oxygen atoms in total. The van der Waals surface area contributed by atoms with Crippen LogP contribution >= 0.6 is 11.6 Å². The van der Waals surface area contributed by atoms with E-state index in [0.29, 0.717) is 11.6 Å². The SMILES string of the molecule is CCN1C(=O)C2(CC(N)C2)c2cc(Cl)ccc21. The number of anilines is 1. The number of fused-ring (bicyclic) bond motifs is 2. The number of likely N-dealkylation sites (N-methyl/N-ethyl adjacent to an activating group) is 1. The zero-order valence-corrected chi connectivity index (χ0v) is 10.5. The van der Waals surface area contributed by atoms with E-state index in [1.54, 1.807) is 0 Å². The second kappa shape index (κ2) is 3.47. The zero-order chi connectivity index (χ0) is 12.2. The van der Waals surface area contributed by atoms with E-state index in [2.05, 4.69) is 0 Å². The molecule has 17 heavy (non-hydrogen) atoms. The molecule has 3 rings (SSSR count). The van der Waals surface area contributed by atoms with E-state index in [4.69, 9.17) is 17.3 Å². The average Bonchev–Trinajstić information content (AvgIpc) is 2.49. The Kier molecular flexibility index (Phi) is 2.25. The minimum atomic E-state index is -0.379. The van der Waals surface area contributed by atoms with Gasteiger partial charge in [0.25, 0.3) is 0 Å². The maximum Gasteiger partial charge on any atom is 0.237 e. The topological polar surface area (TPSA) is 46.3 Å². The molecule has 0 saturated heterocycles. The van der Waals surface area contributed by atoms with Crippen molar-refractivity contribution in [1.82, 2.24) is 0 Å². The molecule has 1 amide bonds. The Hall–Kier alpha value is -1.06. The second-order valence-electron chi connectivity index (χ2n) is 4.96. The van der Waals surface area contributed by atoms with Crippen LogP contribution in [0.25, 0.3) is 0 Å². The highest BCUT2D eigenvalue weighted by molar-refractivity contribution is 6.31. The van der Waals surface area contributed by atoms with E-state index < -0.39 is 0 Å². The molecule has 0 unspecified atom stereocenters. The molecule has 1 aliphatic heterocycles. The Morgan fingerprint density at radius 1 is 1.53 bits per heavy atom. The van der Waals surface area contributed by atoms with Gasteiger partial charge in [-0.05, 0) is 43.5 Å². The molecule has 2 aliphatic rings. The van der Waals surface area contributed by atoms with E-state index in [0.717, 1.165) is 24.1 Å². The van der Waals surface area contributed by atoms with E-state index in [1.165, 1.54) is 0 Å². The number of rotatable bonds is 1. The van der Waals surface area contributed by atoms with Crippen LogP contribution in [0.15, 0.2) is 18.2 Å². The van der Waals surface area contributed by atoms with Gasteiger partial charge in [-0.15, -0.1) is 0 Å². The molecule has 0 aromatic heterocycles. The predicted octanol–water partition coefficient (Wildman–Crippen LogP) is 2.07. The summed E-state index contributed by atoms with van der Waals surface area (Å²) in [5.74, 6) is 0.193. The first-order valence-corrected chi connectivity index (χ1v) is 6.34. The van der Waals surface area contributed by atoms with Gasteiger partial charge < -0.3 is 10.6 Å². The third-order valence-corrected chi connectivity index (χ3v) is 4.19. The Morgan fingerprint density at radius 2 is 2.24 bits per heavy atom. The third-order valence-electron chi connectivity index (χ3n) is 3.96. The van der Waals surface area contributed by atoms with Crippen LogP contribution in [0.3, 0.4) is 0 Å². The van der Waals surface area contributed by atoms with Gasteiger partial charge in [0.1, 0.15) is 0 Å². The van der Waals surface area contributed by atoms with Gasteiger partial charge in [-0.3, -0.25) is 4.79 Å². The Bertz CT molecular complexity index is 494. The minimum absolute atomic E-state index is 0.141. The quantitative estimate of drug-likeness (QED) is 0.829. The fourth-order valence-corrected chi connectivity index (χ4v) is 3.33. The number of carbonyl (C=O) groups excluding carboxylic acids is 1. The maximum absolute atomic E-state index is 12.5. The monoisotopic (exact) mass is 250 g/mol. The van der Waals surface area contributed by atoms with Gasteiger partial charge in [0.15, 0.2) is 0 Å². The summed E-state index contributed by atoms with van der Waals surface area (Å²) in [6.45, 7) is 2.69.